The van der Waals surface area contributed by atoms with Crippen molar-refractivity contribution in [2.45, 2.75) is 19.8 Å². The van der Waals surface area contributed by atoms with E-state index >= 15 is 0 Å². The van der Waals surface area contributed by atoms with Crippen LogP contribution in [-0.4, -0.2) is 7.05 Å². The Morgan fingerprint density at radius 1 is 1.31 bits per heavy atom. The summed E-state index contributed by atoms with van der Waals surface area (Å²) in [6, 6.07) is 6.50. The smallest absolute Gasteiger partial charge is 0.0779 e. The predicted octanol–water partition coefficient (Wildman–Crippen LogP) is 2.09. The Kier molecular flexibility index (Phi) is 1.88. The fourth-order valence-electron chi connectivity index (χ4n) is 1.51. The first-order chi connectivity index (χ1) is 6.18. The molecule has 1 aromatic rings. The molecule has 1 aliphatic rings. The van der Waals surface area contributed by atoms with Crippen LogP contribution in [0, 0.1) is 0 Å². The SMILES string of the molecule is CC(C)c1ccc2c(c1)NNN2C. The van der Waals surface area contributed by atoms with Gasteiger partial charge in [-0.05, 0) is 23.6 Å². The molecule has 2 N–H and O–H groups in total. The molecule has 0 unspecified atom stereocenters. The molecule has 3 heteroatoms. The molecule has 0 amide bonds. The molecule has 0 saturated carbocycles. The summed E-state index contributed by atoms with van der Waals surface area (Å²) in [6.07, 6.45) is 0. The van der Waals surface area contributed by atoms with Gasteiger partial charge in [0.1, 0.15) is 0 Å². The maximum atomic E-state index is 3.12. The highest BCUT2D eigenvalue weighted by molar-refractivity contribution is 5.73. The molecule has 0 saturated heterocycles. The van der Waals surface area contributed by atoms with E-state index in [9.17, 15) is 0 Å². The Bertz CT molecular complexity index is 320. The van der Waals surface area contributed by atoms with Crippen molar-refractivity contribution in [1.82, 2.24) is 5.53 Å². The fraction of sp³-hybridized carbons (Fsp3) is 0.400. The Morgan fingerprint density at radius 3 is 2.77 bits per heavy atom. The quantitative estimate of drug-likeness (QED) is 0.687. The first-order valence-electron chi connectivity index (χ1n) is 4.58. The lowest BCUT2D eigenvalue weighted by atomic mass is 10.0. The van der Waals surface area contributed by atoms with E-state index in [4.69, 9.17) is 0 Å². The minimum absolute atomic E-state index is 0.581. The highest BCUT2D eigenvalue weighted by atomic mass is 15.7. The second-order valence-corrected chi connectivity index (χ2v) is 3.73. The van der Waals surface area contributed by atoms with E-state index in [1.165, 1.54) is 11.3 Å². The number of benzene rings is 1. The predicted molar refractivity (Wildman–Crippen MR) is 55.7 cm³/mol. The second-order valence-electron chi connectivity index (χ2n) is 3.73. The van der Waals surface area contributed by atoms with Crippen molar-refractivity contribution in [2.75, 3.05) is 17.5 Å². The third-order valence-electron chi connectivity index (χ3n) is 2.41. The lowest BCUT2D eigenvalue weighted by Gasteiger charge is -2.10. The van der Waals surface area contributed by atoms with Crippen LogP contribution in [0.3, 0.4) is 0 Å². The number of hydrogen-bond acceptors (Lipinski definition) is 3. The van der Waals surface area contributed by atoms with Crippen molar-refractivity contribution >= 4 is 11.4 Å². The highest BCUT2D eigenvalue weighted by Crippen LogP contribution is 2.30. The third kappa shape index (κ3) is 1.35. The molecule has 1 aromatic carbocycles. The van der Waals surface area contributed by atoms with Gasteiger partial charge in [-0.25, -0.2) is 0 Å². The van der Waals surface area contributed by atoms with E-state index in [0.29, 0.717) is 5.92 Å². The number of hydrogen-bond donors (Lipinski definition) is 2. The van der Waals surface area contributed by atoms with Crippen LogP contribution in [0.15, 0.2) is 18.2 Å². The first kappa shape index (κ1) is 8.38. The lowest BCUT2D eigenvalue weighted by molar-refractivity contribution is 0.820. The van der Waals surface area contributed by atoms with Gasteiger partial charge in [-0.15, -0.1) is 5.53 Å². The van der Waals surface area contributed by atoms with Gasteiger partial charge in [0.2, 0.25) is 0 Å². The summed E-state index contributed by atoms with van der Waals surface area (Å²) in [6.45, 7) is 4.40. The molecule has 0 spiro atoms. The zero-order valence-electron chi connectivity index (χ0n) is 8.26. The highest BCUT2D eigenvalue weighted by Gasteiger charge is 2.14. The van der Waals surface area contributed by atoms with Crippen molar-refractivity contribution in [3.63, 3.8) is 0 Å². The Morgan fingerprint density at radius 2 is 2.08 bits per heavy atom. The molecular formula is C10H15N3. The zero-order valence-corrected chi connectivity index (χ0v) is 8.26. The second kappa shape index (κ2) is 2.92. The average Bonchev–Trinajstić information content (AvgIpc) is 2.47. The number of rotatable bonds is 1. The van der Waals surface area contributed by atoms with Crippen LogP contribution < -0.4 is 16.0 Å². The third-order valence-corrected chi connectivity index (χ3v) is 2.41. The van der Waals surface area contributed by atoms with Crippen LogP contribution >= 0.6 is 0 Å². The van der Waals surface area contributed by atoms with Crippen molar-refractivity contribution in [2.24, 2.45) is 0 Å². The summed E-state index contributed by atoms with van der Waals surface area (Å²) in [5.74, 6) is 0.581. The summed E-state index contributed by atoms with van der Waals surface area (Å²) in [4.78, 5) is 0. The molecule has 0 aliphatic carbocycles. The molecule has 1 aliphatic heterocycles. The van der Waals surface area contributed by atoms with Crippen LogP contribution in [0.1, 0.15) is 25.3 Å². The zero-order chi connectivity index (χ0) is 9.42. The normalized spacial score (nSPS) is 14.6. The number of fused-ring (bicyclic) bond motifs is 1. The first-order valence-corrected chi connectivity index (χ1v) is 4.58. The van der Waals surface area contributed by atoms with Gasteiger partial charge in [-0.1, -0.05) is 19.9 Å². The summed E-state index contributed by atoms with van der Waals surface area (Å²) in [5, 5.41) is 1.97. The minimum Gasteiger partial charge on any atom is -0.302 e. The Balaban J connectivity index is 2.40. The van der Waals surface area contributed by atoms with Gasteiger partial charge in [0, 0.05) is 7.05 Å². The van der Waals surface area contributed by atoms with Gasteiger partial charge in [0.05, 0.1) is 11.4 Å². The van der Waals surface area contributed by atoms with Crippen molar-refractivity contribution < 1.29 is 0 Å². The molecule has 0 bridgehead atoms. The van der Waals surface area contributed by atoms with Crippen molar-refractivity contribution in [1.29, 1.82) is 0 Å². The summed E-state index contributed by atoms with van der Waals surface area (Å²) in [7, 11) is 1.99. The molecule has 0 atom stereocenters. The van der Waals surface area contributed by atoms with Crippen molar-refractivity contribution in [3.8, 4) is 0 Å². The molecule has 13 heavy (non-hydrogen) atoms. The van der Waals surface area contributed by atoms with Crippen LogP contribution in [0.4, 0.5) is 11.4 Å². The van der Waals surface area contributed by atoms with E-state index in [1.54, 1.807) is 0 Å². The molecule has 70 valence electrons. The van der Waals surface area contributed by atoms with E-state index < -0.39 is 0 Å². The van der Waals surface area contributed by atoms with Gasteiger partial charge >= 0.3 is 0 Å². The monoisotopic (exact) mass is 177 g/mol. The van der Waals surface area contributed by atoms with Crippen LogP contribution in [0.2, 0.25) is 0 Å². The van der Waals surface area contributed by atoms with Crippen molar-refractivity contribution in [3.05, 3.63) is 23.8 Å². The standard InChI is InChI=1S/C10H15N3/c1-7(2)8-4-5-10-9(6-8)11-12-13(10)3/h4-7,11-12H,1-3H3. The molecule has 0 fully saturated rings. The molecular weight excluding hydrogens is 162 g/mol. The maximum absolute atomic E-state index is 3.12. The minimum atomic E-state index is 0.581. The number of anilines is 2. The average molecular weight is 177 g/mol. The van der Waals surface area contributed by atoms with Gasteiger partial charge in [0.25, 0.3) is 0 Å². The maximum Gasteiger partial charge on any atom is 0.0779 e. The van der Waals surface area contributed by atoms with Crippen LogP contribution in [-0.2, 0) is 0 Å². The van der Waals surface area contributed by atoms with E-state index in [-0.39, 0.29) is 0 Å². The molecule has 1 heterocycles. The number of hydrazine groups is 2. The summed E-state index contributed by atoms with van der Waals surface area (Å²) in [5.41, 5.74) is 9.88. The molecule has 2 rings (SSSR count). The number of nitrogens with one attached hydrogen (secondary N) is 2. The topological polar surface area (TPSA) is 27.3 Å². The van der Waals surface area contributed by atoms with Gasteiger partial charge < -0.3 is 5.43 Å². The largest absolute Gasteiger partial charge is 0.302 e. The Labute approximate surface area is 78.7 Å². The van der Waals surface area contributed by atoms with Gasteiger partial charge in [-0.2, -0.15) is 0 Å². The van der Waals surface area contributed by atoms with Gasteiger partial charge in [0.15, 0.2) is 0 Å². The van der Waals surface area contributed by atoms with Crippen LogP contribution in [0.25, 0.3) is 0 Å². The van der Waals surface area contributed by atoms with Crippen LogP contribution in [0.5, 0.6) is 0 Å². The molecule has 0 radical (unpaired) electrons. The number of nitrogens with zero attached hydrogens (tertiary/aromatic N) is 1. The van der Waals surface area contributed by atoms with E-state index in [1.807, 2.05) is 12.1 Å². The summed E-state index contributed by atoms with van der Waals surface area (Å²) < 4.78 is 0. The fourth-order valence-corrected chi connectivity index (χ4v) is 1.51. The molecule has 0 aromatic heterocycles. The lowest BCUT2D eigenvalue weighted by Crippen LogP contribution is -2.31. The summed E-state index contributed by atoms with van der Waals surface area (Å²) >= 11 is 0. The molecule has 3 nitrogen and oxygen atoms in total. The van der Waals surface area contributed by atoms with E-state index in [0.717, 1.165) is 5.69 Å². The Hall–Kier alpha value is -1.22. The van der Waals surface area contributed by atoms with E-state index in [2.05, 4.69) is 43.0 Å². The van der Waals surface area contributed by atoms with Gasteiger partial charge in [-0.3, -0.25) is 5.01 Å².